The number of alkyl halides is 1. The molecular weight excluding hydrogens is 290 g/mol. The number of halogens is 1. The van der Waals surface area contributed by atoms with Crippen molar-refractivity contribution in [2.24, 2.45) is 0 Å². The van der Waals surface area contributed by atoms with Crippen molar-refractivity contribution in [3.8, 4) is 0 Å². The summed E-state index contributed by atoms with van der Waals surface area (Å²) < 4.78 is 10.1. The van der Waals surface area contributed by atoms with E-state index in [1.807, 2.05) is 0 Å². The molecule has 1 saturated heterocycles. The molecule has 0 saturated carbocycles. The molecule has 0 N–H and O–H groups in total. The van der Waals surface area contributed by atoms with Gasteiger partial charge in [-0.15, -0.1) is 0 Å². The lowest BCUT2D eigenvalue weighted by Gasteiger charge is -2.39. The van der Waals surface area contributed by atoms with Gasteiger partial charge in [0.2, 0.25) is 0 Å². The fourth-order valence-electron chi connectivity index (χ4n) is 2.17. The first-order valence-corrected chi connectivity index (χ1v) is 6.71. The first kappa shape index (κ1) is 14.4. The van der Waals surface area contributed by atoms with Crippen LogP contribution in [0.4, 0.5) is 4.79 Å². The number of likely N-dealkylation sites (tertiary alicyclic amines) is 1. The molecule has 1 heterocycles. The molecule has 0 aromatic carbocycles. The van der Waals surface area contributed by atoms with Gasteiger partial charge in [-0.1, -0.05) is 15.9 Å². The van der Waals surface area contributed by atoms with Gasteiger partial charge in [-0.05, 0) is 12.8 Å². The van der Waals surface area contributed by atoms with Crippen LogP contribution in [0.2, 0.25) is 0 Å². The lowest BCUT2D eigenvalue weighted by Crippen LogP contribution is -2.52. The summed E-state index contributed by atoms with van der Waals surface area (Å²) in [6.07, 6.45) is 1.56. The number of hydrogen-bond donors (Lipinski definition) is 0. The Morgan fingerprint density at radius 1 is 1.41 bits per heavy atom. The summed E-state index contributed by atoms with van der Waals surface area (Å²) in [5.74, 6) is 0.0628. The second kappa shape index (κ2) is 6.96. The summed E-state index contributed by atoms with van der Waals surface area (Å²) in [5, 5.41) is 0.301. The zero-order valence-corrected chi connectivity index (χ0v) is 11.7. The van der Waals surface area contributed by atoms with E-state index in [9.17, 15) is 9.59 Å². The first-order chi connectivity index (χ1) is 8.13. The molecule has 1 fully saturated rings. The maximum atomic E-state index is 11.6. The highest BCUT2D eigenvalue weighted by molar-refractivity contribution is 9.09. The third kappa shape index (κ3) is 3.67. The zero-order valence-electron chi connectivity index (χ0n) is 10.1. The molecule has 2 unspecified atom stereocenters. The fraction of sp³-hybridized carbons (Fsp3) is 0.818. The highest BCUT2D eigenvalue weighted by atomic mass is 79.9. The van der Waals surface area contributed by atoms with Gasteiger partial charge in [0, 0.05) is 20.1 Å². The number of ether oxygens (including phenoxy) is 2. The third-order valence-electron chi connectivity index (χ3n) is 3.01. The number of methoxy groups -OCH3 is 2. The average molecular weight is 308 g/mol. The molecule has 1 aliphatic rings. The second-order valence-corrected chi connectivity index (χ2v) is 4.58. The molecule has 2 atom stereocenters. The maximum absolute atomic E-state index is 11.6. The Labute approximate surface area is 110 Å². The van der Waals surface area contributed by atoms with Crippen molar-refractivity contribution in [3.05, 3.63) is 0 Å². The molecule has 0 aromatic rings. The standard InChI is InChI=1S/C11H18BrNO4/c1-16-10-4-3-5-13(11(15)17-2)9(10)6-8(14)7-12/h9-10H,3-7H2,1-2H3. The maximum Gasteiger partial charge on any atom is 0.409 e. The number of piperidine rings is 1. The highest BCUT2D eigenvalue weighted by Gasteiger charge is 2.36. The van der Waals surface area contributed by atoms with E-state index in [0.717, 1.165) is 12.8 Å². The Morgan fingerprint density at radius 2 is 2.12 bits per heavy atom. The van der Waals surface area contributed by atoms with Crippen LogP contribution in [0.5, 0.6) is 0 Å². The third-order valence-corrected chi connectivity index (χ3v) is 3.64. The molecule has 0 aromatic heterocycles. The van der Waals surface area contributed by atoms with Crippen LogP contribution < -0.4 is 0 Å². The summed E-state index contributed by atoms with van der Waals surface area (Å²) in [6.45, 7) is 0.618. The molecule has 6 heteroatoms. The van der Waals surface area contributed by atoms with E-state index in [1.165, 1.54) is 7.11 Å². The van der Waals surface area contributed by atoms with Gasteiger partial charge in [0.25, 0.3) is 0 Å². The normalized spacial score (nSPS) is 24.5. The smallest absolute Gasteiger partial charge is 0.409 e. The monoisotopic (exact) mass is 307 g/mol. The molecule has 1 amide bonds. The molecule has 0 aliphatic carbocycles. The lowest BCUT2D eigenvalue weighted by molar-refractivity contribution is -0.119. The van der Waals surface area contributed by atoms with Crippen LogP contribution in [0, 0.1) is 0 Å². The van der Waals surface area contributed by atoms with Crippen LogP contribution in [0.15, 0.2) is 0 Å². The summed E-state index contributed by atoms with van der Waals surface area (Å²) in [6, 6.07) is -0.216. The van der Waals surface area contributed by atoms with Crippen molar-refractivity contribution in [3.63, 3.8) is 0 Å². The quantitative estimate of drug-likeness (QED) is 0.740. The Balaban J connectivity index is 2.77. The van der Waals surface area contributed by atoms with Crippen LogP contribution in [-0.4, -0.2) is 55.0 Å². The van der Waals surface area contributed by atoms with Crippen molar-refractivity contribution in [2.45, 2.75) is 31.4 Å². The van der Waals surface area contributed by atoms with Crippen LogP contribution in [0.1, 0.15) is 19.3 Å². The van der Waals surface area contributed by atoms with E-state index in [1.54, 1.807) is 12.0 Å². The number of Topliss-reactive ketones (excluding diaryl/α,β-unsaturated/α-hetero) is 1. The number of carbonyl (C=O) groups excluding carboxylic acids is 2. The first-order valence-electron chi connectivity index (χ1n) is 5.59. The molecule has 5 nitrogen and oxygen atoms in total. The molecule has 0 spiro atoms. The number of amides is 1. The Hall–Kier alpha value is -0.620. The fourth-order valence-corrected chi connectivity index (χ4v) is 2.40. The van der Waals surface area contributed by atoms with Gasteiger partial charge >= 0.3 is 6.09 Å². The van der Waals surface area contributed by atoms with Crippen molar-refractivity contribution >= 4 is 27.8 Å². The number of ketones is 1. The SMILES string of the molecule is COC(=O)N1CCCC(OC)C1CC(=O)CBr. The van der Waals surface area contributed by atoms with Crippen molar-refractivity contribution in [1.29, 1.82) is 0 Å². The van der Waals surface area contributed by atoms with Gasteiger partial charge in [0.1, 0.15) is 5.78 Å². The van der Waals surface area contributed by atoms with Crippen LogP contribution in [-0.2, 0) is 14.3 Å². The predicted octanol–water partition coefficient (Wildman–Crippen LogP) is 1.59. The predicted molar refractivity (Wildman–Crippen MR) is 66.3 cm³/mol. The van der Waals surface area contributed by atoms with Gasteiger partial charge in [-0.2, -0.15) is 0 Å². The minimum absolute atomic E-state index is 0.0628. The van der Waals surface area contributed by atoms with Gasteiger partial charge in [0.15, 0.2) is 0 Å². The largest absolute Gasteiger partial charge is 0.453 e. The van der Waals surface area contributed by atoms with Crippen LogP contribution in [0.3, 0.4) is 0 Å². The number of hydrogen-bond acceptors (Lipinski definition) is 4. The topological polar surface area (TPSA) is 55.8 Å². The lowest BCUT2D eigenvalue weighted by atomic mass is 9.95. The van der Waals surface area contributed by atoms with Crippen molar-refractivity contribution < 1.29 is 19.1 Å². The molecular formula is C11H18BrNO4. The molecule has 17 heavy (non-hydrogen) atoms. The molecule has 0 bridgehead atoms. The summed E-state index contributed by atoms with van der Waals surface area (Å²) in [4.78, 5) is 24.7. The summed E-state index contributed by atoms with van der Waals surface area (Å²) in [7, 11) is 2.96. The molecule has 0 radical (unpaired) electrons. The molecule has 1 rings (SSSR count). The van der Waals surface area contributed by atoms with Crippen molar-refractivity contribution in [2.75, 3.05) is 26.1 Å². The Bertz CT molecular complexity index is 285. The zero-order chi connectivity index (χ0) is 12.8. The van der Waals surface area contributed by atoms with E-state index in [2.05, 4.69) is 15.9 Å². The Morgan fingerprint density at radius 3 is 2.65 bits per heavy atom. The van der Waals surface area contributed by atoms with Gasteiger partial charge < -0.3 is 14.4 Å². The minimum Gasteiger partial charge on any atom is -0.453 e. The van der Waals surface area contributed by atoms with Crippen LogP contribution in [0.25, 0.3) is 0 Å². The van der Waals surface area contributed by atoms with Gasteiger partial charge in [-0.3, -0.25) is 4.79 Å². The Kier molecular flexibility index (Phi) is 5.91. The van der Waals surface area contributed by atoms with E-state index < -0.39 is 0 Å². The summed E-state index contributed by atoms with van der Waals surface area (Å²) >= 11 is 3.13. The van der Waals surface area contributed by atoms with Gasteiger partial charge in [0.05, 0.1) is 24.6 Å². The van der Waals surface area contributed by atoms with E-state index in [-0.39, 0.29) is 24.0 Å². The minimum atomic E-state index is -0.390. The summed E-state index contributed by atoms with van der Waals surface area (Å²) in [5.41, 5.74) is 0. The number of rotatable bonds is 4. The average Bonchev–Trinajstić information content (AvgIpc) is 2.37. The van der Waals surface area contributed by atoms with Crippen molar-refractivity contribution in [1.82, 2.24) is 4.90 Å². The molecule has 1 aliphatic heterocycles. The van der Waals surface area contributed by atoms with Crippen LogP contribution >= 0.6 is 15.9 Å². The number of carbonyl (C=O) groups is 2. The number of nitrogens with zero attached hydrogens (tertiary/aromatic N) is 1. The van der Waals surface area contributed by atoms with E-state index in [4.69, 9.17) is 9.47 Å². The van der Waals surface area contributed by atoms with Gasteiger partial charge in [-0.25, -0.2) is 4.79 Å². The molecule has 98 valence electrons. The van der Waals surface area contributed by atoms with E-state index in [0.29, 0.717) is 18.3 Å². The highest BCUT2D eigenvalue weighted by Crippen LogP contribution is 2.23. The second-order valence-electron chi connectivity index (χ2n) is 4.02. The van der Waals surface area contributed by atoms with E-state index >= 15 is 0 Å².